The molecule has 0 radical (unpaired) electrons. The van der Waals surface area contributed by atoms with E-state index in [1.54, 1.807) is 0 Å². The summed E-state index contributed by atoms with van der Waals surface area (Å²) in [7, 11) is 0. The highest BCUT2D eigenvalue weighted by molar-refractivity contribution is 5.77. The third kappa shape index (κ3) is 2.32. The molecule has 0 aromatic carbocycles. The maximum atomic E-state index is 11.7. The predicted molar refractivity (Wildman–Crippen MR) is 61.7 cm³/mol. The van der Waals surface area contributed by atoms with Gasteiger partial charge in [0.05, 0.1) is 23.9 Å². The Labute approximate surface area is 101 Å². The Morgan fingerprint density at radius 3 is 2.88 bits per heavy atom. The van der Waals surface area contributed by atoms with E-state index in [4.69, 9.17) is 9.47 Å². The highest BCUT2D eigenvalue weighted by atomic mass is 16.5. The molecule has 3 unspecified atom stereocenters. The second-order valence-corrected chi connectivity index (χ2v) is 5.63. The zero-order valence-electron chi connectivity index (χ0n) is 10.2. The van der Waals surface area contributed by atoms with E-state index in [2.05, 4.69) is 10.6 Å². The third-order valence-electron chi connectivity index (χ3n) is 4.00. The highest BCUT2D eigenvalue weighted by Crippen LogP contribution is 2.34. The molecule has 2 N–H and O–H groups in total. The van der Waals surface area contributed by atoms with Crippen molar-refractivity contribution in [2.24, 2.45) is 0 Å². The number of fused-ring (bicyclic) bond motifs is 2. The maximum absolute atomic E-state index is 11.7. The SMILES string of the molecule is CC1(OCC(=O)NC2CC3CCC2O3)CNC1. The number of ether oxygens (including phenoxy) is 2. The fourth-order valence-electron chi connectivity index (χ4n) is 2.86. The molecule has 3 heterocycles. The van der Waals surface area contributed by atoms with Crippen LogP contribution in [0.3, 0.4) is 0 Å². The normalized spacial score (nSPS) is 37.8. The van der Waals surface area contributed by atoms with E-state index in [-0.39, 0.29) is 30.3 Å². The summed E-state index contributed by atoms with van der Waals surface area (Å²) in [5, 5.41) is 6.17. The van der Waals surface area contributed by atoms with Gasteiger partial charge in [-0.1, -0.05) is 0 Å². The first-order valence-corrected chi connectivity index (χ1v) is 6.44. The first-order chi connectivity index (χ1) is 8.15. The minimum Gasteiger partial charge on any atom is -0.373 e. The van der Waals surface area contributed by atoms with Crippen molar-refractivity contribution < 1.29 is 14.3 Å². The quantitative estimate of drug-likeness (QED) is 0.714. The molecule has 2 bridgehead atoms. The van der Waals surface area contributed by atoms with Gasteiger partial charge in [0.2, 0.25) is 5.91 Å². The molecule has 3 aliphatic rings. The zero-order valence-corrected chi connectivity index (χ0v) is 10.2. The van der Waals surface area contributed by atoms with Gasteiger partial charge in [-0.3, -0.25) is 4.79 Å². The molecule has 0 aromatic rings. The van der Waals surface area contributed by atoms with Gasteiger partial charge in [-0.05, 0) is 26.2 Å². The first-order valence-electron chi connectivity index (χ1n) is 6.44. The van der Waals surface area contributed by atoms with Gasteiger partial charge in [0.1, 0.15) is 6.61 Å². The Morgan fingerprint density at radius 2 is 2.35 bits per heavy atom. The molecule has 0 aromatic heterocycles. The van der Waals surface area contributed by atoms with Crippen LogP contribution in [0.5, 0.6) is 0 Å². The number of hydrogen-bond donors (Lipinski definition) is 2. The van der Waals surface area contributed by atoms with Crippen LogP contribution >= 0.6 is 0 Å². The lowest BCUT2D eigenvalue weighted by molar-refractivity contribution is -0.136. The lowest BCUT2D eigenvalue weighted by Crippen LogP contribution is -2.60. The van der Waals surface area contributed by atoms with E-state index in [1.807, 2.05) is 6.92 Å². The highest BCUT2D eigenvalue weighted by Gasteiger charge is 2.41. The van der Waals surface area contributed by atoms with Crippen LogP contribution in [0.15, 0.2) is 0 Å². The lowest BCUT2D eigenvalue weighted by atomic mass is 9.95. The third-order valence-corrected chi connectivity index (χ3v) is 4.00. The van der Waals surface area contributed by atoms with Gasteiger partial charge >= 0.3 is 0 Å². The summed E-state index contributed by atoms with van der Waals surface area (Å²) in [4.78, 5) is 11.7. The van der Waals surface area contributed by atoms with Crippen LogP contribution in [0.4, 0.5) is 0 Å². The molecule has 3 atom stereocenters. The van der Waals surface area contributed by atoms with E-state index in [1.165, 1.54) is 0 Å². The van der Waals surface area contributed by atoms with Gasteiger partial charge in [0.25, 0.3) is 0 Å². The number of amides is 1. The summed E-state index contributed by atoms with van der Waals surface area (Å²) in [5.74, 6) is -0.0146. The Kier molecular flexibility index (Phi) is 2.84. The van der Waals surface area contributed by atoms with E-state index in [0.29, 0.717) is 6.10 Å². The standard InChI is InChI=1S/C12H20N2O3/c1-12(6-13-7-12)16-5-11(15)14-9-4-8-2-3-10(9)17-8/h8-10,13H,2-7H2,1H3,(H,14,15). The van der Waals surface area contributed by atoms with Crippen molar-refractivity contribution in [1.82, 2.24) is 10.6 Å². The lowest BCUT2D eigenvalue weighted by Gasteiger charge is -2.38. The van der Waals surface area contributed by atoms with Gasteiger partial charge in [0.15, 0.2) is 0 Å². The number of carbonyl (C=O) groups is 1. The molecule has 96 valence electrons. The van der Waals surface area contributed by atoms with Crippen LogP contribution in [0, 0.1) is 0 Å². The molecule has 1 amide bonds. The zero-order chi connectivity index (χ0) is 11.9. The summed E-state index contributed by atoms with van der Waals surface area (Å²) >= 11 is 0. The van der Waals surface area contributed by atoms with Gasteiger partial charge in [-0.15, -0.1) is 0 Å². The Balaban J connectivity index is 1.41. The molecular formula is C12H20N2O3. The van der Waals surface area contributed by atoms with Crippen LogP contribution < -0.4 is 10.6 Å². The Hall–Kier alpha value is -0.650. The van der Waals surface area contributed by atoms with Crippen molar-refractivity contribution in [3.63, 3.8) is 0 Å². The van der Waals surface area contributed by atoms with Crippen LogP contribution in [-0.4, -0.2) is 49.5 Å². The van der Waals surface area contributed by atoms with Crippen molar-refractivity contribution in [2.45, 2.75) is 50.0 Å². The number of carbonyl (C=O) groups excluding carboxylic acids is 1. The monoisotopic (exact) mass is 240 g/mol. The van der Waals surface area contributed by atoms with Gasteiger partial charge < -0.3 is 20.1 Å². The van der Waals surface area contributed by atoms with Crippen molar-refractivity contribution >= 4 is 5.91 Å². The van der Waals surface area contributed by atoms with Gasteiger partial charge in [-0.2, -0.15) is 0 Å². The molecule has 17 heavy (non-hydrogen) atoms. The van der Waals surface area contributed by atoms with Gasteiger partial charge in [-0.25, -0.2) is 0 Å². The molecule has 3 saturated heterocycles. The van der Waals surface area contributed by atoms with Crippen LogP contribution in [-0.2, 0) is 14.3 Å². The number of rotatable bonds is 4. The summed E-state index contributed by atoms with van der Waals surface area (Å²) in [6.45, 7) is 3.85. The molecule has 0 aliphatic carbocycles. The largest absolute Gasteiger partial charge is 0.373 e. The molecule has 0 saturated carbocycles. The predicted octanol–water partition coefficient (Wildman–Crippen LogP) is -0.199. The van der Waals surface area contributed by atoms with Crippen molar-refractivity contribution in [2.75, 3.05) is 19.7 Å². The summed E-state index contributed by atoms with van der Waals surface area (Å²) < 4.78 is 11.3. The van der Waals surface area contributed by atoms with E-state index < -0.39 is 0 Å². The fraction of sp³-hybridized carbons (Fsp3) is 0.917. The number of hydrogen-bond acceptors (Lipinski definition) is 4. The van der Waals surface area contributed by atoms with Crippen LogP contribution in [0.25, 0.3) is 0 Å². The van der Waals surface area contributed by atoms with E-state index >= 15 is 0 Å². The Bertz CT molecular complexity index is 317. The van der Waals surface area contributed by atoms with Gasteiger partial charge in [0, 0.05) is 13.1 Å². The average molecular weight is 240 g/mol. The summed E-state index contributed by atoms with van der Waals surface area (Å²) in [5.41, 5.74) is -0.150. The molecule has 3 rings (SSSR count). The molecule has 5 nitrogen and oxygen atoms in total. The Morgan fingerprint density at radius 1 is 1.53 bits per heavy atom. The maximum Gasteiger partial charge on any atom is 0.246 e. The van der Waals surface area contributed by atoms with Crippen molar-refractivity contribution in [3.8, 4) is 0 Å². The number of nitrogens with one attached hydrogen (secondary N) is 2. The molecule has 3 aliphatic heterocycles. The van der Waals surface area contributed by atoms with Crippen molar-refractivity contribution in [3.05, 3.63) is 0 Å². The minimum atomic E-state index is -0.150. The summed E-state index contributed by atoms with van der Waals surface area (Å²) in [6.07, 6.45) is 3.81. The fourth-order valence-corrected chi connectivity index (χ4v) is 2.86. The molecular weight excluding hydrogens is 220 g/mol. The second kappa shape index (κ2) is 4.23. The van der Waals surface area contributed by atoms with Crippen LogP contribution in [0.1, 0.15) is 26.2 Å². The van der Waals surface area contributed by atoms with Crippen molar-refractivity contribution in [1.29, 1.82) is 0 Å². The molecule has 5 heteroatoms. The molecule has 3 fully saturated rings. The van der Waals surface area contributed by atoms with E-state index in [0.717, 1.165) is 32.4 Å². The summed E-state index contributed by atoms with van der Waals surface area (Å²) in [6, 6.07) is 0.206. The first kappa shape index (κ1) is 11.4. The topological polar surface area (TPSA) is 59.6 Å². The minimum absolute atomic E-state index is 0.0146. The molecule has 0 spiro atoms. The second-order valence-electron chi connectivity index (χ2n) is 5.63. The smallest absolute Gasteiger partial charge is 0.246 e. The average Bonchev–Trinajstić information content (AvgIpc) is 2.85. The van der Waals surface area contributed by atoms with Crippen LogP contribution in [0.2, 0.25) is 0 Å². The van der Waals surface area contributed by atoms with E-state index in [9.17, 15) is 4.79 Å².